The number of ketones is 1. The topological polar surface area (TPSA) is 39.2 Å². The Kier molecular flexibility index (Phi) is 4.49. The van der Waals surface area contributed by atoms with Gasteiger partial charge < -0.3 is 4.74 Å². The lowest BCUT2D eigenvalue weighted by Crippen LogP contribution is -2.05. The highest BCUT2D eigenvalue weighted by atomic mass is 79.9. The predicted molar refractivity (Wildman–Crippen MR) is 79.0 cm³/mol. The van der Waals surface area contributed by atoms with Gasteiger partial charge in [-0.25, -0.2) is 9.37 Å². The van der Waals surface area contributed by atoms with E-state index in [0.717, 1.165) is 0 Å². The predicted octanol–water partition coefficient (Wildman–Crippen LogP) is 3.78. The van der Waals surface area contributed by atoms with E-state index in [9.17, 15) is 9.18 Å². The van der Waals surface area contributed by atoms with Crippen molar-refractivity contribution in [1.82, 2.24) is 4.98 Å². The molecule has 0 N–H and O–H groups in total. The van der Waals surface area contributed by atoms with Crippen LogP contribution in [0.2, 0.25) is 0 Å². The molecule has 20 heavy (non-hydrogen) atoms. The minimum absolute atomic E-state index is 0.118. The van der Waals surface area contributed by atoms with Crippen molar-refractivity contribution in [2.45, 2.75) is 6.92 Å². The fraction of sp³-hybridized carbons (Fsp3) is 0.200. The van der Waals surface area contributed by atoms with E-state index in [0.29, 0.717) is 28.3 Å². The van der Waals surface area contributed by atoms with Crippen LogP contribution >= 0.6 is 15.9 Å². The second kappa shape index (κ2) is 6.13. The molecular formula is C15H13BrFNO2. The molecule has 0 aliphatic heterocycles. The normalized spacial score (nSPS) is 10.4. The molecule has 0 saturated carbocycles. The van der Waals surface area contributed by atoms with Gasteiger partial charge in [0.2, 0.25) is 0 Å². The van der Waals surface area contributed by atoms with E-state index >= 15 is 0 Å². The number of hydrogen-bond acceptors (Lipinski definition) is 3. The number of aryl methyl sites for hydroxylation is 1. The highest BCUT2D eigenvalue weighted by molar-refractivity contribution is 9.09. The summed E-state index contributed by atoms with van der Waals surface area (Å²) in [4.78, 5) is 16.0. The van der Waals surface area contributed by atoms with Crippen molar-refractivity contribution >= 4 is 21.7 Å². The van der Waals surface area contributed by atoms with Crippen molar-refractivity contribution < 1.29 is 13.9 Å². The van der Waals surface area contributed by atoms with E-state index < -0.39 is 0 Å². The smallest absolute Gasteiger partial charge is 0.191 e. The Hall–Kier alpha value is -1.75. The van der Waals surface area contributed by atoms with Gasteiger partial charge in [0.1, 0.15) is 23.0 Å². The van der Waals surface area contributed by atoms with Crippen LogP contribution in [-0.4, -0.2) is 23.2 Å². The number of carbonyl (C=O) groups excluding carboxylic acids is 1. The SMILES string of the molecule is COc1ccc(C(=O)CBr)nc1-c1ccc(F)c(C)c1. The molecule has 0 saturated heterocycles. The molecule has 1 aromatic heterocycles. The average molecular weight is 338 g/mol. The largest absolute Gasteiger partial charge is 0.494 e. The Morgan fingerprint density at radius 2 is 2.10 bits per heavy atom. The molecule has 0 amide bonds. The summed E-state index contributed by atoms with van der Waals surface area (Å²) < 4.78 is 18.6. The molecule has 104 valence electrons. The Labute approximate surface area is 124 Å². The summed E-state index contributed by atoms with van der Waals surface area (Å²) in [6.07, 6.45) is 0. The third-order valence-electron chi connectivity index (χ3n) is 2.92. The molecule has 1 heterocycles. The van der Waals surface area contributed by atoms with Crippen molar-refractivity contribution in [3.05, 3.63) is 47.4 Å². The number of methoxy groups -OCH3 is 1. The molecule has 1 aromatic carbocycles. The lowest BCUT2D eigenvalue weighted by atomic mass is 10.1. The van der Waals surface area contributed by atoms with Crippen LogP contribution in [0.4, 0.5) is 4.39 Å². The first-order valence-electron chi connectivity index (χ1n) is 5.97. The molecule has 0 unspecified atom stereocenters. The lowest BCUT2D eigenvalue weighted by molar-refractivity contribution is 0.101. The van der Waals surface area contributed by atoms with Crippen LogP contribution < -0.4 is 4.74 Å². The summed E-state index contributed by atoms with van der Waals surface area (Å²) in [7, 11) is 1.53. The first-order valence-corrected chi connectivity index (χ1v) is 7.09. The number of aromatic nitrogens is 1. The summed E-state index contributed by atoms with van der Waals surface area (Å²) in [5.74, 6) is 0.148. The van der Waals surface area contributed by atoms with E-state index in [2.05, 4.69) is 20.9 Å². The molecule has 2 aromatic rings. The van der Waals surface area contributed by atoms with E-state index in [-0.39, 0.29) is 16.9 Å². The van der Waals surface area contributed by atoms with Gasteiger partial charge in [-0.1, -0.05) is 15.9 Å². The van der Waals surface area contributed by atoms with Gasteiger partial charge in [0.15, 0.2) is 5.78 Å². The van der Waals surface area contributed by atoms with Crippen LogP contribution in [-0.2, 0) is 0 Å². The Balaban J connectivity index is 2.57. The van der Waals surface area contributed by atoms with Crippen LogP contribution in [0.25, 0.3) is 11.3 Å². The average Bonchev–Trinajstić information content (AvgIpc) is 2.48. The van der Waals surface area contributed by atoms with E-state index in [4.69, 9.17) is 4.74 Å². The van der Waals surface area contributed by atoms with Crippen LogP contribution in [0, 0.1) is 12.7 Å². The molecule has 0 atom stereocenters. The third kappa shape index (κ3) is 2.88. The highest BCUT2D eigenvalue weighted by Crippen LogP contribution is 2.29. The summed E-state index contributed by atoms with van der Waals surface area (Å²) in [6, 6.07) is 7.99. The quantitative estimate of drug-likeness (QED) is 0.629. The fourth-order valence-corrected chi connectivity index (χ4v) is 2.12. The van der Waals surface area contributed by atoms with Gasteiger partial charge in [-0.3, -0.25) is 4.79 Å². The zero-order valence-electron chi connectivity index (χ0n) is 11.1. The van der Waals surface area contributed by atoms with E-state index in [1.165, 1.54) is 13.2 Å². The minimum atomic E-state index is -0.277. The number of rotatable bonds is 4. The molecule has 5 heteroatoms. The van der Waals surface area contributed by atoms with Gasteiger partial charge in [0.05, 0.1) is 12.4 Å². The standard InChI is InChI=1S/C15H13BrFNO2/c1-9-7-10(3-4-11(9)17)15-14(20-2)6-5-12(18-15)13(19)8-16/h3-7H,8H2,1-2H3. The maximum Gasteiger partial charge on any atom is 0.191 e. The van der Waals surface area contributed by atoms with Gasteiger partial charge in [0.25, 0.3) is 0 Å². The Bertz CT molecular complexity index is 658. The number of Topliss-reactive ketones (excluding diaryl/α,β-unsaturated/α-hetero) is 1. The molecular weight excluding hydrogens is 325 g/mol. The maximum atomic E-state index is 13.3. The van der Waals surface area contributed by atoms with Gasteiger partial charge in [-0.2, -0.15) is 0 Å². The van der Waals surface area contributed by atoms with Crippen LogP contribution in [0.1, 0.15) is 16.1 Å². The summed E-state index contributed by atoms with van der Waals surface area (Å²) in [6.45, 7) is 1.68. The number of benzene rings is 1. The van der Waals surface area contributed by atoms with Crippen molar-refractivity contribution in [3.8, 4) is 17.0 Å². The number of halogens is 2. The number of alkyl halides is 1. The van der Waals surface area contributed by atoms with Crippen LogP contribution in [0.3, 0.4) is 0 Å². The molecule has 3 nitrogen and oxygen atoms in total. The maximum absolute atomic E-state index is 13.3. The number of ether oxygens (including phenoxy) is 1. The monoisotopic (exact) mass is 337 g/mol. The van der Waals surface area contributed by atoms with E-state index in [1.54, 1.807) is 31.2 Å². The minimum Gasteiger partial charge on any atom is -0.494 e. The molecule has 0 radical (unpaired) electrons. The molecule has 2 rings (SSSR count). The molecule has 0 bridgehead atoms. The second-order valence-electron chi connectivity index (χ2n) is 4.27. The van der Waals surface area contributed by atoms with Crippen molar-refractivity contribution in [3.63, 3.8) is 0 Å². The van der Waals surface area contributed by atoms with Crippen LogP contribution in [0.15, 0.2) is 30.3 Å². The Morgan fingerprint density at radius 1 is 1.35 bits per heavy atom. The highest BCUT2D eigenvalue weighted by Gasteiger charge is 2.13. The summed E-state index contributed by atoms with van der Waals surface area (Å²) in [5, 5.41) is 0.203. The lowest BCUT2D eigenvalue weighted by Gasteiger charge is -2.10. The summed E-state index contributed by atoms with van der Waals surface area (Å²) >= 11 is 3.12. The fourth-order valence-electron chi connectivity index (χ4n) is 1.83. The zero-order chi connectivity index (χ0) is 14.7. The number of hydrogen-bond donors (Lipinski definition) is 0. The van der Waals surface area contributed by atoms with Gasteiger partial charge in [0, 0.05) is 5.56 Å². The number of nitrogens with zero attached hydrogens (tertiary/aromatic N) is 1. The van der Waals surface area contributed by atoms with Crippen molar-refractivity contribution in [2.24, 2.45) is 0 Å². The third-order valence-corrected chi connectivity index (χ3v) is 3.43. The van der Waals surface area contributed by atoms with Crippen molar-refractivity contribution in [2.75, 3.05) is 12.4 Å². The first kappa shape index (κ1) is 14.7. The molecule has 0 aliphatic rings. The molecule has 0 aliphatic carbocycles. The van der Waals surface area contributed by atoms with Gasteiger partial charge in [-0.15, -0.1) is 0 Å². The zero-order valence-corrected chi connectivity index (χ0v) is 12.7. The van der Waals surface area contributed by atoms with Gasteiger partial charge in [-0.05, 0) is 42.8 Å². The van der Waals surface area contributed by atoms with Crippen molar-refractivity contribution in [1.29, 1.82) is 0 Å². The van der Waals surface area contributed by atoms with E-state index in [1.807, 2.05) is 0 Å². The Morgan fingerprint density at radius 3 is 2.70 bits per heavy atom. The number of carbonyl (C=O) groups is 1. The molecule has 0 spiro atoms. The number of pyridine rings is 1. The first-order chi connectivity index (χ1) is 9.56. The summed E-state index contributed by atoms with van der Waals surface area (Å²) in [5.41, 5.74) is 2.11. The van der Waals surface area contributed by atoms with Crippen LogP contribution in [0.5, 0.6) is 5.75 Å². The molecule has 0 fully saturated rings. The van der Waals surface area contributed by atoms with Gasteiger partial charge >= 0.3 is 0 Å². The second-order valence-corrected chi connectivity index (χ2v) is 4.83.